The van der Waals surface area contributed by atoms with Gasteiger partial charge in [-0.3, -0.25) is 14.5 Å². The van der Waals surface area contributed by atoms with Crippen LogP contribution < -0.4 is 0 Å². The van der Waals surface area contributed by atoms with Crippen LogP contribution in [0.15, 0.2) is 61.4 Å². The number of carbonyl (C=O) groups is 4. The zero-order chi connectivity index (χ0) is 28.9. The molecule has 0 aromatic heterocycles. The molecule has 0 bridgehead atoms. The monoisotopic (exact) mass is 536 g/mol. The molecule has 39 heavy (non-hydrogen) atoms. The van der Waals surface area contributed by atoms with Gasteiger partial charge in [0, 0.05) is 20.0 Å². The first-order valence-electron chi connectivity index (χ1n) is 12.7. The van der Waals surface area contributed by atoms with E-state index in [9.17, 15) is 19.2 Å². The van der Waals surface area contributed by atoms with Crippen LogP contribution in [0, 0.1) is 0 Å². The highest BCUT2D eigenvalue weighted by Crippen LogP contribution is 2.44. The van der Waals surface area contributed by atoms with Crippen molar-refractivity contribution in [3.05, 3.63) is 72.5 Å². The van der Waals surface area contributed by atoms with Gasteiger partial charge in [-0.05, 0) is 49.9 Å². The van der Waals surface area contributed by atoms with Crippen LogP contribution in [-0.2, 0) is 28.6 Å². The number of nitrogens with zero attached hydrogens (tertiary/aromatic N) is 2. The second-order valence-corrected chi connectivity index (χ2v) is 10.4. The standard InChI is InChI=1S/C30H36N2O7/c1-8-37-28(35)25(17-26(33)39-30(3,4)5)32(7)27(34)19(2)31(6)29(36)38-18-24-22-15-11-9-13-20(22)21-14-10-12-16-23(21)24/h8-16,19,24-25H,1,17-18H2,2-7H3/t19-,25-/m0/s1. The third-order valence-corrected chi connectivity index (χ3v) is 6.63. The summed E-state index contributed by atoms with van der Waals surface area (Å²) in [6.07, 6.45) is -0.189. The third kappa shape index (κ3) is 6.85. The molecule has 2 amide bonds. The summed E-state index contributed by atoms with van der Waals surface area (Å²) < 4.78 is 15.8. The van der Waals surface area contributed by atoms with Crippen molar-refractivity contribution in [2.75, 3.05) is 20.7 Å². The van der Waals surface area contributed by atoms with Crippen LogP contribution in [0.2, 0.25) is 0 Å². The molecule has 208 valence electrons. The van der Waals surface area contributed by atoms with Crippen molar-refractivity contribution in [2.24, 2.45) is 0 Å². The quantitative estimate of drug-likeness (QED) is 0.264. The molecule has 1 aliphatic rings. The lowest BCUT2D eigenvalue weighted by atomic mass is 9.98. The molecule has 0 spiro atoms. The lowest BCUT2D eigenvalue weighted by Gasteiger charge is -2.32. The Labute approximate surface area is 229 Å². The Kier molecular flexibility index (Phi) is 9.16. The van der Waals surface area contributed by atoms with E-state index >= 15 is 0 Å². The molecule has 1 aliphatic carbocycles. The number of hydrogen-bond acceptors (Lipinski definition) is 7. The van der Waals surface area contributed by atoms with Crippen molar-refractivity contribution in [1.82, 2.24) is 9.80 Å². The number of esters is 2. The highest BCUT2D eigenvalue weighted by Gasteiger charge is 2.36. The van der Waals surface area contributed by atoms with E-state index in [-0.39, 0.29) is 12.5 Å². The van der Waals surface area contributed by atoms with Gasteiger partial charge >= 0.3 is 18.0 Å². The number of fused-ring (bicyclic) bond motifs is 3. The van der Waals surface area contributed by atoms with Crippen LogP contribution >= 0.6 is 0 Å². The predicted octanol–water partition coefficient (Wildman–Crippen LogP) is 4.50. The van der Waals surface area contributed by atoms with E-state index in [1.54, 1.807) is 20.8 Å². The van der Waals surface area contributed by atoms with Crippen molar-refractivity contribution in [3.8, 4) is 11.1 Å². The van der Waals surface area contributed by atoms with Gasteiger partial charge in [-0.15, -0.1) is 0 Å². The van der Waals surface area contributed by atoms with Crippen molar-refractivity contribution >= 4 is 23.9 Å². The first-order chi connectivity index (χ1) is 18.4. The third-order valence-electron chi connectivity index (χ3n) is 6.63. The van der Waals surface area contributed by atoms with Crippen LogP contribution in [-0.4, -0.2) is 72.1 Å². The first kappa shape index (κ1) is 29.4. The molecule has 0 N–H and O–H groups in total. The van der Waals surface area contributed by atoms with Gasteiger partial charge in [0.2, 0.25) is 5.91 Å². The summed E-state index contributed by atoms with van der Waals surface area (Å²) in [6.45, 7) is 10.1. The van der Waals surface area contributed by atoms with E-state index in [4.69, 9.17) is 14.2 Å². The van der Waals surface area contributed by atoms with Gasteiger partial charge in [0.25, 0.3) is 0 Å². The molecule has 0 fully saturated rings. The first-order valence-corrected chi connectivity index (χ1v) is 12.7. The predicted molar refractivity (Wildman–Crippen MR) is 146 cm³/mol. The highest BCUT2D eigenvalue weighted by atomic mass is 16.6. The van der Waals surface area contributed by atoms with Gasteiger partial charge in [-0.25, -0.2) is 9.59 Å². The minimum Gasteiger partial charge on any atom is -0.460 e. The molecule has 2 aromatic carbocycles. The molecule has 2 atom stereocenters. The minimum atomic E-state index is -1.27. The Hall–Kier alpha value is -4.14. The van der Waals surface area contributed by atoms with E-state index in [2.05, 4.69) is 6.58 Å². The largest absolute Gasteiger partial charge is 0.460 e. The minimum absolute atomic E-state index is 0.0981. The van der Waals surface area contributed by atoms with Gasteiger partial charge < -0.3 is 19.1 Å². The lowest BCUT2D eigenvalue weighted by Crippen LogP contribution is -2.52. The van der Waals surface area contributed by atoms with Crippen molar-refractivity contribution in [1.29, 1.82) is 0 Å². The molecule has 0 saturated carbocycles. The Morgan fingerprint density at radius 3 is 2.00 bits per heavy atom. The number of hydrogen-bond donors (Lipinski definition) is 0. The van der Waals surface area contributed by atoms with Crippen LogP contribution in [0.4, 0.5) is 4.79 Å². The average Bonchev–Trinajstić information content (AvgIpc) is 3.21. The second-order valence-electron chi connectivity index (χ2n) is 10.4. The Bertz CT molecular complexity index is 1200. The smallest absolute Gasteiger partial charge is 0.410 e. The lowest BCUT2D eigenvalue weighted by molar-refractivity contribution is -0.162. The fourth-order valence-electron chi connectivity index (χ4n) is 4.55. The van der Waals surface area contributed by atoms with Crippen molar-refractivity contribution in [3.63, 3.8) is 0 Å². The summed E-state index contributed by atoms with van der Waals surface area (Å²) >= 11 is 0. The van der Waals surface area contributed by atoms with E-state index < -0.39 is 48.0 Å². The maximum atomic E-state index is 13.3. The zero-order valence-corrected chi connectivity index (χ0v) is 23.3. The molecule has 0 unspecified atom stereocenters. The maximum Gasteiger partial charge on any atom is 0.410 e. The normalized spacial score (nSPS) is 13.8. The Balaban J connectivity index is 1.68. The number of likely N-dealkylation sites (N-methyl/N-ethyl adjacent to an activating group) is 2. The topological polar surface area (TPSA) is 102 Å². The van der Waals surface area contributed by atoms with Gasteiger partial charge in [0.1, 0.15) is 24.3 Å². The number of ether oxygens (including phenoxy) is 3. The number of carbonyl (C=O) groups excluding carboxylic acids is 4. The summed E-state index contributed by atoms with van der Waals surface area (Å²) in [5.41, 5.74) is 3.59. The molecular formula is C30H36N2O7. The molecule has 0 heterocycles. The SMILES string of the molecule is C=COC(=O)[C@H](CC(=O)OC(C)(C)C)N(C)C(=O)[C@H](C)N(C)C(=O)OCC1c2ccccc2-c2ccccc21. The van der Waals surface area contributed by atoms with Crippen LogP contribution in [0.3, 0.4) is 0 Å². The molecule has 2 aromatic rings. The van der Waals surface area contributed by atoms with Crippen LogP contribution in [0.5, 0.6) is 0 Å². The molecule has 0 saturated heterocycles. The Morgan fingerprint density at radius 1 is 0.949 bits per heavy atom. The van der Waals surface area contributed by atoms with Crippen molar-refractivity contribution in [2.45, 2.75) is 57.7 Å². The molecule has 3 rings (SSSR count). The second kappa shape index (κ2) is 12.1. The number of rotatable bonds is 9. The summed E-state index contributed by atoms with van der Waals surface area (Å²) in [5.74, 6) is -2.23. The van der Waals surface area contributed by atoms with Gasteiger partial charge in [0.15, 0.2) is 0 Å². The fraction of sp³-hybridized carbons (Fsp3) is 0.400. The maximum absolute atomic E-state index is 13.3. The molecule has 0 radical (unpaired) electrons. The summed E-state index contributed by atoms with van der Waals surface area (Å²) in [6, 6.07) is 13.7. The Morgan fingerprint density at radius 2 is 1.49 bits per heavy atom. The fourth-order valence-corrected chi connectivity index (χ4v) is 4.55. The zero-order valence-electron chi connectivity index (χ0n) is 23.3. The van der Waals surface area contributed by atoms with E-state index in [0.29, 0.717) is 0 Å². The number of amides is 2. The van der Waals surface area contributed by atoms with E-state index in [0.717, 1.165) is 38.3 Å². The van der Waals surface area contributed by atoms with Gasteiger partial charge in [-0.1, -0.05) is 55.1 Å². The summed E-state index contributed by atoms with van der Waals surface area (Å²) in [5, 5.41) is 0. The van der Waals surface area contributed by atoms with Crippen LogP contribution in [0.25, 0.3) is 11.1 Å². The molecule has 0 aliphatic heterocycles. The van der Waals surface area contributed by atoms with Gasteiger partial charge in [-0.2, -0.15) is 0 Å². The van der Waals surface area contributed by atoms with Gasteiger partial charge in [0.05, 0.1) is 12.7 Å². The highest BCUT2D eigenvalue weighted by molar-refractivity contribution is 5.91. The van der Waals surface area contributed by atoms with Crippen molar-refractivity contribution < 1.29 is 33.4 Å². The summed E-state index contributed by atoms with van der Waals surface area (Å²) in [7, 11) is 2.81. The van der Waals surface area contributed by atoms with E-state index in [1.807, 2.05) is 48.5 Å². The number of benzene rings is 2. The average molecular weight is 537 g/mol. The summed E-state index contributed by atoms with van der Waals surface area (Å²) in [4.78, 5) is 53.5. The van der Waals surface area contributed by atoms with Crippen LogP contribution in [0.1, 0.15) is 51.2 Å². The molecule has 9 nitrogen and oxygen atoms in total. The van der Waals surface area contributed by atoms with E-state index in [1.165, 1.54) is 21.0 Å². The molecule has 9 heteroatoms. The molecular weight excluding hydrogens is 500 g/mol.